The van der Waals surface area contributed by atoms with Crippen LogP contribution in [0.5, 0.6) is 5.75 Å². The zero-order valence-electron chi connectivity index (χ0n) is 15.8. The van der Waals surface area contributed by atoms with Gasteiger partial charge in [0.2, 0.25) is 0 Å². The summed E-state index contributed by atoms with van der Waals surface area (Å²) in [6.07, 6.45) is 9.11. The molecule has 0 heterocycles. The molecule has 4 heteroatoms. The van der Waals surface area contributed by atoms with Crippen molar-refractivity contribution in [2.75, 3.05) is 0 Å². The van der Waals surface area contributed by atoms with Crippen LogP contribution in [0.3, 0.4) is 0 Å². The number of halogens is 3. The topological polar surface area (TPSA) is 9.23 Å². The molecule has 2 aromatic carbocycles. The van der Waals surface area contributed by atoms with Crippen LogP contribution in [-0.4, -0.2) is 6.61 Å². The van der Waals surface area contributed by atoms with Crippen molar-refractivity contribution in [3.05, 3.63) is 41.7 Å². The highest BCUT2D eigenvalue weighted by atomic mass is 19.3. The third-order valence-electron chi connectivity index (χ3n) is 6.90. The van der Waals surface area contributed by atoms with E-state index in [4.69, 9.17) is 0 Å². The predicted molar refractivity (Wildman–Crippen MR) is 102 cm³/mol. The normalized spacial score (nSPS) is 28.3. The van der Waals surface area contributed by atoms with Crippen LogP contribution in [0.4, 0.5) is 13.2 Å². The minimum absolute atomic E-state index is 0.390. The Bertz CT molecular complexity index is 804. The van der Waals surface area contributed by atoms with E-state index in [1.165, 1.54) is 62.6 Å². The van der Waals surface area contributed by atoms with Gasteiger partial charge in [0.1, 0.15) is 0 Å². The lowest BCUT2D eigenvalue weighted by molar-refractivity contribution is -0.0520. The molecule has 27 heavy (non-hydrogen) atoms. The number of hydrogen-bond donors (Lipinski definition) is 0. The summed E-state index contributed by atoms with van der Waals surface area (Å²) >= 11 is 0. The lowest BCUT2D eigenvalue weighted by Crippen LogP contribution is -2.30. The van der Waals surface area contributed by atoms with Gasteiger partial charge in [-0.2, -0.15) is 8.78 Å². The summed E-state index contributed by atoms with van der Waals surface area (Å²) in [4.78, 5) is 0. The largest absolute Gasteiger partial charge is 0.432 e. The van der Waals surface area contributed by atoms with Gasteiger partial charge in [0.15, 0.2) is 11.6 Å². The highest BCUT2D eigenvalue weighted by Crippen LogP contribution is 2.48. The summed E-state index contributed by atoms with van der Waals surface area (Å²) < 4.78 is 43.2. The quantitative estimate of drug-likeness (QED) is 0.544. The van der Waals surface area contributed by atoms with Crippen LogP contribution >= 0.6 is 0 Å². The molecule has 0 amide bonds. The first-order valence-electron chi connectivity index (χ1n) is 10.2. The van der Waals surface area contributed by atoms with Crippen molar-refractivity contribution in [3.8, 4) is 5.75 Å². The molecular weight excluding hydrogens is 349 g/mol. The van der Waals surface area contributed by atoms with Gasteiger partial charge in [0.05, 0.1) is 0 Å². The van der Waals surface area contributed by atoms with Crippen LogP contribution in [0.2, 0.25) is 0 Å². The van der Waals surface area contributed by atoms with Crippen molar-refractivity contribution >= 4 is 10.8 Å². The van der Waals surface area contributed by atoms with Crippen LogP contribution in [-0.2, 0) is 0 Å². The van der Waals surface area contributed by atoms with Gasteiger partial charge in [-0.15, -0.1) is 0 Å². The fourth-order valence-electron chi connectivity index (χ4n) is 5.37. The average Bonchev–Trinajstić information content (AvgIpc) is 2.67. The number of ether oxygens (including phenoxy) is 1. The number of benzene rings is 2. The van der Waals surface area contributed by atoms with Crippen molar-refractivity contribution in [2.45, 2.75) is 64.4 Å². The van der Waals surface area contributed by atoms with Gasteiger partial charge < -0.3 is 4.74 Å². The molecule has 0 saturated heterocycles. The van der Waals surface area contributed by atoms with Crippen LogP contribution in [0.15, 0.2) is 30.3 Å². The Morgan fingerprint density at radius 1 is 0.963 bits per heavy atom. The molecule has 0 spiro atoms. The van der Waals surface area contributed by atoms with Crippen molar-refractivity contribution in [3.63, 3.8) is 0 Å². The van der Waals surface area contributed by atoms with Gasteiger partial charge in [-0.1, -0.05) is 38.0 Å². The minimum atomic E-state index is -3.02. The second kappa shape index (κ2) is 7.73. The van der Waals surface area contributed by atoms with E-state index in [1.54, 1.807) is 0 Å². The molecule has 2 aliphatic carbocycles. The van der Waals surface area contributed by atoms with Crippen LogP contribution in [0.25, 0.3) is 10.8 Å². The molecule has 0 aliphatic heterocycles. The van der Waals surface area contributed by atoms with E-state index in [1.807, 2.05) is 12.1 Å². The fraction of sp³-hybridized carbons (Fsp3) is 0.565. The molecule has 2 aliphatic rings. The van der Waals surface area contributed by atoms with E-state index in [9.17, 15) is 13.2 Å². The van der Waals surface area contributed by atoms with E-state index in [0.717, 1.165) is 28.5 Å². The van der Waals surface area contributed by atoms with E-state index < -0.39 is 18.2 Å². The molecule has 146 valence electrons. The fourth-order valence-corrected chi connectivity index (χ4v) is 5.37. The minimum Gasteiger partial charge on any atom is -0.432 e. The molecular formula is C23H27F3O. The Balaban J connectivity index is 1.52. The number of alkyl halides is 2. The molecule has 0 aromatic heterocycles. The summed E-state index contributed by atoms with van der Waals surface area (Å²) in [5, 5.41) is 1.48. The molecule has 4 atom stereocenters. The summed E-state index contributed by atoms with van der Waals surface area (Å²) in [6.45, 7) is -0.711. The monoisotopic (exact) mass is 376 g/mol. The maximum atomic E-state index is 14.1. The van der Waals surface area contributed by atoms with Crippen LogP contribution < -0.4 is 4.74 Å². The molecule has 2 unspecified atom stereocenters. The van der Waals surface area contributed by atoms with Crippen LogP contribution in [0, 0.1) is 23.6 Å². The molecule has 1 nitrogen and oxygen atoms in total. The molecule has 0 radical (unpaired) electrons. The first-order valence-corrected chi connectivity index (χ1v) is 10.2. The van der Waals surface area contributed by atoms with E-state index in [-0.39, 0.29) is 0 Å². The number of fused-ring (bicyclic) bond motifs is 2. The summed E-state index contributed by atoms with van der Waals surface area (Å²) in [5.74, 6) is 2.01. The third kappa shape index (κ3) is 3.95. The van der Waals surface area contributed by atoms with Crippen LogP contribution in [0.1, 0.15) is 63.4 Å². The smallest absolute Gasteiger partial charge is 0.387 e. The first-order chi connectivity index (χ1) is 13.0. The van der Waals surface area contributed by atoms with Gasteiger partial charge in [-0.25, -0.2) is 4.39 Å². The first kappa shape index (κ1) is 18.6. The molecule has 4 rings (SSSR count). The number of hydrogen-bond acceptors (Lipinski definition) is 1. The second-order valence-corrected chi connectivity index (χ2v) is 8.39. The van der Waals surface area contributed by atoms with Crippen molar-refractivity contribution in [1.29, 1.82) is 0 Å². The Labute approximate surface area is 158 Å². The Hall–Kier alpha value is -1.71. The Kier molecular flexibility index (Phi) is 5.34. The lowest BCUT2D eigenvalue weighted by Gasteiger charge is -2.42. The SMILES string of the molecule is CC[C@@H]1CC[C@@H]2CC(c3ccc4cc(OC(F)F)c(F)cc4c3)CCC2C1. The highest BCUT2D eigenvalue weighted by molar-refractivity contribution is 5.84. The molecule has 2 fully saturated rings. The maximum absolute atomic E-state index is 14.1. The van der Waals surface area contributed by atoms with Crippen molar-refractivity contribution in [1.82, 2.24) is 0 Å². The van der Waals surface area contributed by atoms with Gasteiger partial charge in [0.25, 0.3) is 0 Å². The Morgan fingerprint density at radius 3 is 2.52 bits per heavy atom. The molecule has 0 N–H and O–H groups in total. The molecule has 2 saturated carbocycles. The number of rotatable bonds is 4. The van der Waals surface area contributed by atoms with Gasteiger partial charge in [-0.05, 0) is 84.2 Å². The maximum Gasteiger partial charge on any atom is 0.387 e. The van der Waals surface area contributed by atoms with Crippen molar-refractivity contribution in [2.24, 2.45) is 17.8 Å². The van der Waals surface area contributed by atoms with Gasteiger partial charge in [-0.3, -0.25) is 0 Å². The third-order valence-corrected chi connectivity index (χ3v) is 6.90. The summed E-state index contributed by atoms with van der Waals surface area (Å²) in [7, 11) is 0. The van der Waals surface area contributed by atoms with Gasteiger partial charge in [0, 0.05) is 0 Å². The van der Waals surface area contributed by atoms with E-state index >= 15 is 0 Å². The zero-order valence-corrected chi connectivity index (χ0v) is 15.8. The zero-order chi connectivity index (χ0) is 19.0. The molecule has 0 bridgehead atoms. The van der Waals surface area contributed by atoms with E-state index in [2.05, 4.69) is 17.7 Å². The van der Waals surface area contributed by atoms with Crippen molar-refractivity contribution < 1.29 is 17.9 Å². The average molecular weight is 376 g/mol. The predicted octanol–water partition coefficient (Wildman–Crippen LogP) is 7.29. The molecule has 2 aromatic rings. The summed E-state index contributed by atoms with van der Waals surface area (Å²) in [5.41, 5.74) is 1.25. The van der Waals surface area contributed by atoms with E-state index in [0.29, 0.717) is 5.92 Å². The standard InChI is InChI=1S/C23H27F3O/c1-2-14-3-4-16-10-17(6-5-15(16)9-14)18-7-8-19-13-22(27-23(25)26)21(24)12-20(19)11-18/h7-8,11-17,23H,2-6,9-10H2,1H3/t14-,15?,16-,17?/m1/s1. The summed E-state index contributed by atoms with van der Waals surface area (Å²) in [6, 6.07) is 8.70. The lowest BCUT2D eigenvalue weighted by atomic mass is 9.63. The van der Waals surface area contributed by atoms with Gasteiger partial charge >= 0.3 is 6.61 Å². The Morgan fingerprint density at radius 2 is 1.74 bits per heavy atom. The highest BCUT2D eigenvalue weighted by Gasteiger charge is 2.35. The second-order valence-electron chi connectivity index (χ2n) is 8.39.